The van der Waals surface area contributed by atoms with Crippen LogP contribution in [-0.4, -0.2) is 30.4 Å². The van der Waals surface area contributed by atoms with Gasteiger partial charge in [0.05, 0.1) is 6.61 Å². The number of nitrogens with zero attached hydrogens (tertiary/aromatic N) is 1. The predicted molar refractivity (Wildman–Crippen MR) is 115 cm³/mol. The van der Waals surface area contributed by atoms with Crippen molar-refractivity contribution in [2.24, 2.45) is 0 Å². The zero-order valence-electron chi connectivity index (χ0n) is 17.8. The molecule has 0 radical (unpaired) electrons. The summed E-state index contributed by atoms with van der Waals surface area (Å²) >= 11 is 0. The smallest absolute Gasteiger partial charge is 0.421 e. The van der Waals surface area contributed by atoms with Gasteiger partial charge in [-0.05, 0) is 42.5 Å². The van der Waals surface area contributed by atoms with Gasteiger partial charge in [0.2, 0.25) is 5.88 Å². The molecular weight excluding hydrogens is 477 g/mol. The van der Waals surface area contributed by atoms with Gasteiger partial charge in [0, 0.05) is 23.9 Å². The molecule has 3 aromatic rings. The molecule has 12 heteroatoms. The average Bonchev–Trinajstić information content (AvgIpc) is 2.75. The number of rotatable bonds is 7. The minimum absolute atomic E-state index is 0.0420. The van der Waals surface area contributed by atoms with Gasteiger partial charge >= 0.3 is 18.8 Å². The Labute approximate surface area is 195 Å². The third-order valence-electron chi connectivity index (χ3n) is 5.15. The van der Waals surface area contributed by atoms with Crippen molar-refractivity contribution in [1.82, 2.24) is 4.98 Å². The zero-order chi connectivity index (χ0) is 25.1. The van der Waals surface area contributed by atoms with Gasteiger partial charge in [-0.1, -0.05) is 18.2 Å². The van der Waals surface area contributed by atoms with Crippen molar-refractivity contribution in [3.8, 4) is 17.4 Å². The molecule has 1 unspecified atom stereocenters. The standard InChI is InChI=1S/C23H18F5N3O4/c24-20(25)34-15-9-7-14(8-10-15)30-21(32)31-17-5-3-12-29-19(17)35-18-6-2-1-4-16(18)22(11-13-33-22)23(26,27)28/h1-10,12,20H,11,13H2,(H2,30,31,32). The maximum Gasteiger partial charge on any atom is 0.421 e. The number of hydrogen-bond acceptors (Lipinski definition) is 5. The number of carbonyl (C=O) groups is 1. The van der Waals surface area contributed by atoms with E-state index in [-0.39, 0.29) is 47.3 Å². The van der Waals surface area contributed by atoms with Crippen LogP contribution >= 0.6 is 0 Å². The average molecular weight is 495 g/mol. The van der Waals surface area contributed by atoms with Crippen molar-refractivity contribution < 1.29 is 41.0 Å². The van der Waals surface area contributed by atoms with E-state index >= 15 is 0 Å². The van der Waals surface area contributed by atoms with E-state index in [0.717, 1.165) is 0 Å². The number of nitrogens with one attached hydrogen (secondary N) is 2. The summed E-state index contributed by atoms with van der Waals surface area (Å²) in [5.74, 6) is -0.353. The highest BCUT2D eigenvalue weighted by Crippen LogP contribution is 2.53. The molecule has 35 heavy (non-hydrogen) atoms. The highest BCUT2D eigenvalue weighted by atomic mass is 19.4. The van der Waals surface area contributed by atoms with Gasteiger partial charge in [-0.2, -0.15) is 22.0 Å². The molecule has 2 aromatic carbocycles. The first-order valence-electron chi connectivity index (χ1n) is 10.2. The van der Waals surface area contributed by atoms with Gasteiger partial charge in [0.25, 0.3) is 0 Å². The maximum atomic E-state index is 13.8. The second-order valence-corrected chi connectivity index (χ2v) is 7.36. The van der Waals surface area contributed by atoms with Crippen LogP contribution in [0, 0.1) is 0 Å². The molecule has 4 rings (SSSR count). The number of amides is 2. The molecule has 2 amide bonds. The number of halogens is 5. The molecular formula is C23H18F5N3O4. The second-order valence-electron chi connectivity index (χ2n) is 7.36. The Kier molecular flexibility index (Phi) is 6.74. The fourth-order valence-corrected chi connectivity index (χ4v) is 3.46. The van der Waals surface area contributed by atoms with Crippen molar-refractivity contribution >= 4 is 17.4 Å². The second kappa shape index (κ2) is 9.74. The van der Waals surface area contributed by atoms with Crippen LogP contribution in [0.3, 0.4) is 0 Å². The monoisotopic (exact) mass is 495 g/mol. The Balaban J connectivity index is 1.51. The summed E-state index contributed by atoms with van der Waals surface area (Å²) in [6, 6.07) is 13.0. The normalized spacial score (nSPS) is 17.4. The fraction of sp³-hybridized carbons (Fsp3) is 0.217. The minimum Gasteiger partial charge on any atom is -0.437 e. The highest BCUT2D eigenvalue weighted by Gasteiger charge is 2.62. The molecule has 1 fully saturated rings. The van der Waals surface area contributed by atoms with Crippen molar-refractivity contribution in [3.05, 3.63) is 72.4 Å². The lowest BCUT2D eigenvalue weighted by atomic mass is 9.85. The summed E-state index contributed by atoms with van der Waals surface area (Å²) in [5.41, 5.74) is -2.34. The molecule has 1 aliphatic rings. The Morgan fingerprint density at radius 2 is 1.74 bits per heavy atom. The van der Waals surface area contributed by atoms with Crippen LogP contribution < -0.4 is 20.1 Å². The van der Waals surface area contributed by atoms with E-state index in [1.54, 1.807) is 0 Å². The van der Waals surface area contributed by atoms with Crippen molar-refractivity contribution in [2.45, 2.75) is 24.8 Å². The number of aromatic nitrogens is 1. The summed E-state index contributed by atoms with van der Waals surface area (Å²) in [6.45, 7) is -3.02. The number of carbonyl (C=O) groups excluding carboxylic acids is 1. The number of para-hydroxylation sites is 1. The number of ether oxygens (including phenoxy) is 3. The van der Waals surface area contributed by atoms with Crippen molar-refractivity contribution in [3.63, 3.8) is 0 Å². The molecule has 0 spiro atoms. The van der Waals surface area contributed by atoms with E-state index in [0.29, 0.717) is 0 Å². The molecule has 1 aromatic heterocycles. The Morgan fingerprint density at radius 1 is 1.03 bits per heavy atom. The zero-order valence-corrected chi connectivity index (χ0v) is 17.8. The molecule has 7 nitrogen and oxygen atoms in total. The summed E-state index contributed by atoms with van der Waals surface area (Å²) in [5, 5.41) is 4.99. The van der Waals surface area contributed by atoms with Crippen LogP contribution in [0.2, 0.25) is 0 Å². The molecule has 1 aliphatic heterocycles. The lowest BCUT2D eigenvalue weighted by molar-refractivity contribution is -0.333. The first-order valence-corrected chi connectivity index (χ1v) is 10.2. The number of alkyl halides is 5. The fourth-order valence-electron chi connectivity index (χ4n) is 3.46. The van der Waals surface area contributed by atoms with Gasteiger partial charge in [-0.25, -0.2) is 9.78 Å². The molecule has 184 valence electrons. The van der Waals surface area contributed by atoms with E-state index in [4.69, 9.17) is 9.47 Å². The molecule has 2 N–H and O–H groups in total. The summed E-state index contributed by atoms with van der Waals surface area (Å²) < 4.78 is 80.8. The van der Waals surface area contributed by atoms with Crippen LogP contribution in [0.1, 0.15) is 12.0 Å². The van der Waals surface area contributed by atoms with Crippen LogP contribution in [-0.2, 0) is 10.3 Å². The minimum atomic E-state index is -4.66. The van der Waals surface area contributed by atoms with E-state index in [1.807, 2.05) is 0 Å². The van der Waals surface area contributed by atoms with Crippen LogP contribution in [0.15, 0.2) is 66.9 Å². The SMILES string of the molecule is O=C(Nc1ccc(OC(F)F)cc1)Nc1cccnc1Oc1ccccc1C1(C(F)(F)F)CCO1. The summed E-state index contributed by atoms with van der Waals surface area (Å²) in [4.78, 5) is 16.5. The highest BCUT2D eigenvalue weighted by molar-refractivity contribution is 6.00. The van der Waals surface area contributed by atoms with E-state index in [2.05, 4.69) is 20.4 Å². The maximum absolute atomic E-state index is 13.8. The number of pyridine rings is 1. The van der Waals surface area contributed by atoms with E-state index in [1.165, 1.54) is 66.9 Å². The molecule has 0 bridgehead atoms. The largest absolute Gasteiger partial charge is 0.437 e. The van der Waals surface area contributed by atoms with Crippen LogP contribution in [0.4, 0.5) is 38.1 Å². The molecule has 1 saturated heterocycles. The van der Waals surface area contributed by atoms with Crippen molar-refractivity contribution in [1.29, 1.82) is 0 Å². The van der Waals surface area contributed by atoms with E-state index in [9.17, 15) is 26.7 Å². The van der Waals surface area contributed by atoms with Crippen LogP contribution in [0.25, 0.3) is 0 Å². The number of anilines is 2. The van der Waals surface area contributed by atoms with Gasteiger partial charge in [0.1, 0.15) is 17.2 Å². The molecule has 0 saturated carbocycles. The lowest BCUT2D eigenvalue weighted by Gasteiger charge is -2.43. The number of hydrogen-bond donors (Lipinski definition) is 2. The Bertz CT molecular complexity index is 1180. The van der Waals surface area contributed by atoms with Gasteiger partial charge in [0.15, 0.2) is 5.60 Å². The summed E-state index contributed by atoms with van der Waals surface area (Å²) in [6.07, 6.45) is -3.57. The Hall–Kier alpha value is -3.93. The third kappa shape index (κ3) is 5.27. The number of urea groups is 1. The first-order chi connectivity index (χ1) is 16.7. The van der Waals surface area contributed by atoms with Gasteiger partial charge in [-0.3, -0.25) is 0 Å². The topological polar surface area (TPSA) is 81.7 Å². The lowest BCUT2D eigenvalue weighted by Crippen LogP contribution is -2.52. The van der Waals surface area contributed by atoms with Crippen molar-refractivity contribution in [2.75, 3.05) is 17.2 Å². The third-order valence-corrected chi connectivity index (χ3v) is 5.15. The summed E-state index contributed by atoms with van der Waals surface area (Å²) in [7, 11) is 0. The van der Waals surface area contributed by atoms with Crippen LogP contribution in [0.5, 0.6) is 17.4 Å². The molecule has 2 heterocycles. The number of benzene rings is 2. The van der Waals surface area contributed by atoms with E-state index < -0.39 is 24.4 Å². The predicted octanol–water partition coefficient (Wildman–Crippen LogP) is 6.30. The Morgan fingerprint density at radius 3 is 2.37 bits per heavy atom. The molecule has 1 atom stereocenters. The van der Waals surface area contributed by atoms with Gasteiger partial charge in [-0.15, -0.1) is 0 Å². The quantitative estimate of drug-likeness (QED) is 0.376. The molecule has 0 aliphatic carbocycles. The first kappa shape index (κ1) is 24.2. The van der Waals surface area contributed by atoms with Gasteiger partial charge < -0.3 is 24.8 Å².